The smallest absolute Gasteiger partial charge is 0.378 e. The van der Waals surface area contributed by atoms with Gasteiger partial charge in [0.15, 0.2) is 0 Å². The number of rotatable bonds is 4. The van der Waals surface area contributed by atoms with Crippen LogP contribution in [0.1, 0.15) is 11.1 Å². The van der Waals surface area contributed by atoms with Crippen LogP contribution >= 0.6 is 11.6 Å². The summed E-state index contributed by atoms with van der Waals surface area (Å²) in [6.07, 6.45) is -3.00. The molecular formula is C18H18ClF3N4O2. The lowest BCUT2D eigenvalue weighted by Gasteiger charge is -2.31. The number of ether oxygens (including phenoxy) is 1. The van der Waals surface area contributed by atoms with Crippen LogP contribution in [-0.2, 0) is 17.5 Å². The van der Waals surface area contributed by atoms with Crippen molar-refractivity contribution in [1.82, 2.24) is 10.3 Å². The van der Waals surface area contributed by atoms with E-state index in [2.05, 4.69) is 15.6 Å². The number of alkyl halides is 3. The minimum Gasteiger partial charge on any atom is -0.378 e. The van der Waals surface area contributed by atoms with Crippen molar-refractivity contribution in [3.8, 4) is 0 Å². The molecule has 2 amide bonds. The quantitative estimate of drug-likeness (QED) is 0.744. The molecule has 1 aliphatic heterocycles. The van der Waals surface area contributed by atoms with Gasteiger partial charge in [0.05, 0.1) is 30.2 Å². The Morgan fingerprint density at radius 2 is 1.96 bits per heavy atom. The first-order chi connectivity index (χ1) is 13.3. The second kappa shape index (κ2) is 8.66. The zero-order valence-electron chi connectivity index (χ0n) is 14.7. The van der Waals surface area contributed by atoms with Crippen LogP contribution in [0.3, 0.4) is 0 Å². The molecule has 0 spiro atoms. The maximum Gasteiger partial charge on any atom is 0.416 e. The van der Waals surface area contributed by atoms with Crippen LogP contribution in [0.15, 0.2) is 36.5 Å². The highest BCUT2D eigenvalue weighted by Gasteiger charge is 2.31. The monoisotopic (exact) mass is 414 g/mol. The van der Waals surface area contributed by atoms with Gasteiger partial charge >= 0.3 is 12.2 Å². The van der Waals surface area contributed by atoms with Gasteiger partial charge in [-0.3, -0.25) is 0 Å². The predicted octanol–water partition coefficient (Wildman–Crippen LogP) is 3.91. The highest BCUT2D eigenvalue weighted by molar-refractivity contribution is 6.29. The summed E-state index contributed by atoms with van der Waals surface area (Å²) in [5, 5.41) is 5.45. The number of morpholine rings is 1. The van der Waals surface area contributed by atoms with Gasteiger partial charge < -0.3 is 20.3 Å². The van der Waals surface area contributed by atoms with Crippen molar-refractivity contribution in [2.75, 3.05) is 36.5 Å². The van der Waals surface area contributed by atoms with Crippen molar-refractivity contribution >= 4 is 29.0 Å². The molecule has 1 aromatic heterocycles. The van der Waals surface area contributed by atoms with Gasteiger partial charge in [0.2, 0.25) is 0 Å². The summed E-state index contributed by atoms with van der Waals surface area (Å²) < 4.78 is 44.6. The fraction of sp³-hybridized carbons (Fsp3) is 0.333. The molecule has 10 heteroatoms. The van der Waals surface area contributed by atoms with E-state index in [4.69, 9.17) is 16.3 Å². The van der Waals surface area contributed by atoms with Crippen LogP contribution < -0.4 is 15.5 Å². The van der Waals surface area contributed by atoms with Crippen molar-refractivity contribution in [3.05, 3.63) is 52.8 Å². The first-order valence-electron chi connectivity index (χ1n) is 8.52. The summed E-state index contributed by atoms with van der Waals surface area (Å²) in [6, 6.07) is 5.97. The van der Waals surface area contributed by atoms with Crippen LogP contribution in [0.5, 0.6) is 0 Å². The average molecular weight is 415 g/mol. The molecule has 2 aromatic rings. The van der Waals surface area contributed by atoms with E-state index in [9.17, 15) is 18.0 Å². The van der Waals surface area contributed by atoms with E-state index < -0.39 is 17.8 Å². The van der Waals surface area contributed by atoms with E-state index in [1.807, 2.05) is 4.90 Å². The molecule has 0 atom stereocenters. The number of benzene rings is 1. The van der Waals surface area contributed by atoms with Gasteiger partial charge in [-0.1, -0.05) is 17.7 Å². The number of hydrogen-bond donors (Lipinski definition) is 2. The number of carbonyl (C=O) groups excluding carboxylic acids is 1. The molecule has 2 N–H and O–H groups in total. The van der Waals surface area contributed by atoms with E-state index in [0.717, 1.165) is 12.1 Å². The van der Waals surface area contributed by atoms with Crippen LogP contribution in [0, 0.1) is 0 Å². The number of amides is 2. The molecule has 1 saturated heterocycles. The molecule has 28 heavy (non-hydrogen) atoms. The lowest BCUT2D eigenvalue weighted by molar-refractivity contribution is -0.137. The van der Waals surface area contributed by atoms with Gasteiger partial charge in [-0.2, -0.15) is 13.2 Å². The van der Waals surface area contributed by atoms with Gasteiger partial charge in [-0.15, -0.1) is 0 Å². The van der Waals surface area contributed by atoms with Gasteiger partial charge in [0.25, 0.3) is 0 Å². The molecule has 0 aliphatic carbocycles. The fourth-order valence-corrected chi connectivity index (χ4v) is 2.86. The van der Waals surface area contributed by atoms with Crippen LogP contribution in [0.2, 0.25) is 5.15 Å². The summed E-state index contributed by atoms with van der Waals surface area (Å²) in [5.74, 6) is 0. The summed E-state index contributed by atoms with van der Waals surface area (Å²) in [6.45, 7) is 2.14. The van der Waals surface area contributed by atoms with Crippen LogP contribution in [0.25, 0.3) is 0 Å². The van der Waals surface area contributed by atoms with Gasteiger partial charge in [-0.05, 0) is 29.8 Å². The third kappa shape index (κ3) is 5.26. The Balaban J connectivity index is 1.75. The zero-order chi connectivity index (χ0) is 20.1. The number of anilines is 2. The molecule has 0 unspecified atom stereocenters. The van der Waals surface area contributed by atoms with E-state index in [1.54, 1.807) is 12.1 Å². The Kier molecular flexibility index (Phi) is 6.25. The maximum atomic E-state index is 13.1. The Hall–Kier alpha value is -2.52. The third-order valence-corrected chi connectivity index (χ3v) is 4.39. The second-order valence-electron chi connectivity index (χ2n) is 6.13. The minimum atomic E-state index is -4.51. The topological polar surface area (TPSA) is 66.5 Å². The zero-order valence-corrected chi connectivity index (χ0v) is 15.5. The molecule has 6 nitrogen and oxygen atoms in total. The number of halogens is 4. The Bertz CT molecular complexity index is 825. The lowest BCUT2D eigenvalue weighted by Crippen LogP contribution is -2.37. The molecule has 1 aliphatic rings. The summed E-state index contributed by atoms with van der Waals surface area (Å²) in [4.78, 5) is 18.0. The van der Waals surface area contributed by atoms with Gasteiger partial charge in [0, 0.05) is 25.8 Å². The normalized spacial score (nSPS) is 14.6. The van der Waals surface area contributed by atoms with E-state index in [1.165, 1.54) is 12.3 Å². The van der Waals surface area contributed by atoms with E-state index >= 15 is 0 Å². The SMILES string of the molecule is O=C(NCc1ccc(Cl)nc1)Nc1cc(C(F)(F)F)ccc1N1CCOCC1. The highest BCUT2D eigenvalue weighted by atomic mass is 35.5. The average Bonchev–Trinajstić information content (AvgIpc) is 2.67. The van der Waals surface area contributed by atoms with Crippen molar-refractivity contribution in [1.29, 1.82) is 0 Å². The van der Waals surface area contributed by atoms with Gasteiger partial charge in [-0.25, -0.2) is 9.78 Å². The molecule has 3 rings (SSSR count). The van der Waals surface area contributed by atoms with Gasteiger partial charge in [0.1, 0.15) is 5.15 Å². The molecular weight excluding hydrogens is 397 g/mol. The summed E-state index contributed by atoms with van der Waals surface area (Å²) in [7, 11) is 0. The Labute approximate surface area is 164 Å². The maximum absolute atomic E-state index is 13.1. The number of nitrogens with one attached hydrogen (secondary N) is 2. The van der Waals surface area contributed by atoms with Crippen molar-refractivity contribution in [2.24, 2.45) is 0 Å². The lowest BCUT2D eigenvalue weighted by atomic mass is 10.1. The number of hydrogen-bond acceptors (Lipinski definition) is 4. The molecule has 1 fully saturated rings. The molecule has 2 heterocycles. The first kappa shape index (κ1) is 20.2. The molecule has 0 bridgehead atoms. The summed E-state index contributed by atoms with van der Waals surface area (Å²) in [5.41, 5.74) is 0.474. The van der Waals surface area contributed by atoms with Crippen molar-refractivity contribution in [3.63, 3.8) is 0 Å². The minimum absolute atomic E-state index is 0.0865. The van der Waals surface area contributed by atoms with E-state index in [0.29, 0.717) is 42.7 Å². The summed E-state index contributed by atoms with van der Waals surface area (Å²) >= 11 is 5.71. The molecule has 0 radical (unpaired) electrons. The fourth-order valence-electron chi connectivity index (χ4n) is 2.75. The molecule has 150 valence electrons. The number of nitrogens with zero attached hydrogens (tertiary/aromatic N) is 2. The first-order valence-corrected chi connectivity index (χ1v) is 8.90. The number of carbonyl (C=O) groups is 1. The number of pyridine rings is 1. The van der Waals surface area contributed by atoms with Crippen LogP contribution in [-0.4, -0.2) is 37.3 Å². The standard InChI is InChI=1S/C18H18ClF3N4O2/c19-16-4-1-12(10-23-16)11-24-17(27)25-14-9-13(18(20,21)22)2-3-15(14)26-5-7-28-8-6-26/h1-4,9-10H,5-8,11H2,(H2,24,25,27). The second-order valence-corrected chi connectivity index (χ2v) is 6.51. The van der Waals surface area contributed by atoms with Crippen molar-refractivity contribution in [2.45, 2.75) is 12.7 Å². The third-order valence-electron chi connectivity index (χ3n) is 4.17. The predicted molar refractivity (Wildman–Crippen MR) is 99.6 cm³/mol. The Morgan fingerprint density at radius 3 is 2.61 bits per heavy atom. The van der Waals surface area contributed by atoms with Crippen LogP contribution in [0.4, 0.5) is 29.3 Å². The molecule has 1 aromatic carbocycles. The highest BCUT2D eigenvalue weighted by Crippen LogP contribution is 2.35. The number of urea groups is 1. The van der Waals surface area contributed by atoms with E-state index in [-0.39, 0.29) is 12.2 Å². The Morgan fingerprint density at radius 1 is 1.21 bits per heavy atom. The largest absolute Gasteiger partial charge is 0.416 e. The molecule has 0 saturated carbocycles. The number of aromatic nitrogens is 1. The van der Waals surface area contributed by atoms with Crippen molar-refractivity contribution < 1.29 is 22.7 Å².